The third-order valence-electron chi connectivity index (χ3n) is 1.87. The molecule has 0 unspecified atom stereocenters. The van der Waals surface area contributed by atoms with Crippen molar-refractivity contribution in [3.63, 3.8) is 0 Å². The molecule has 0 aliphatic rings. The number of rotatable bonds is 3. The van der Waals surface area contributed by atoms with Crippen LogP contribution < -0.4 is 5.32 Å². The molecule has 0 atom stereocenters. The molecule has 2 rings (SSSR count). The van der Waals surface area contributed by atoms with Gasteiger partial charge in [0.2, 0.25) is 5.91 Å². The largest absolute Gasteiger partial charge is 0.307 e. The second-order valence-electron chi connectivity index (χ2n) is 3.08. The van der Waals surface area contributed by atoms with E-state index in [1.54, 1.807) is 30.7 Å². The van der Waals surface area contributed by atoms with Crippen LogP contribution in [-0.2, 0) is 4.79 Å². The Balaban J connectivity index is 1.95. The second kappa shape index (κ2) is 4.88. The zero-order chi connectivity index (χ0) is 11.2. The fraction of sp³-hybridized carbons (Fsp3) is 0. The Bertz CT molecular complexity index is 476. The number of pyridine rings is 1. The monoisotopic (exact) mass is 214 g/mol. The fourth-order valence-electron chi connectivity index (χ4n) is 1.15. The highest BCUT2D eigenvalue weighted by atomic mass is 16.1. The minimum Gasteiger partial charge on any atom is -0.307 e. The number of aromatic amines is 1. The van der Waals surface area contributed by atoms with Gasteiger partial charge >= 0.3 is 0 Å². The van der Waals surface area contributed by atoms with Crippen LogP contribution in [0.4, 0.5) is 5.82 Å². The summed E-state index contributed by atoms with van der Waals surface area (Å²) in [6, 6.07) is 5.36. The lowest BCUT2D eigenvalue weighted by atomic mass is 10.2. The number of carbonyl (C=O) groups excluding carboxylic acids is 1. The van der Waals surface area contributed by atoms with Crippen LogP contribution in [0.15, 0.2) is 42.9 Å². The number of nitrogens with zero attached hydrogens (tertiary/aromatic N) is 2. The molecule has 0 bridgehead atoms. The molecular formula is C11H10N4O. The summed E-state index contributed by atoms with van der Waals surface area (Å²) in [4.78, 5) is 15.4. The van der Waals surface area contributed by atoms with E-state index in [0.717, 1.165) is 5.56 Å². The Morgan fingerprint density at radius 3 is 3.00 bits per heavy atom. The molecule has 2 heterocycles. The topological polar surface area (TPSA) is 70.7 Å². The van der Waals surface area contributed by atoms with Crippen molar-refractivity contribution in [2.45, 2.75) is 0 Å². The average Bonchev–Trinajstić information content (AvgIpc) is 2.81. The van der Waals surface area contributed by atoms with Crippen molar-refractivity contribution in [3.05, 3.63) is 48.4 Å². The number of nitrogens with one attached hydrogen (secondary N) is 2. The number of aromatic nitrogens is 3. The lowest BCUT2D eigenvalue weighted by Crippen LogP contribution is -2.07. The summed E-state index contributed by atoms with van der Waals surface area (Å²) < 4.78 is 0. The molecular weight excluding hydrogens is 204 g/mol. The van der Waals surface area contributed by atoms with E-state index < -0.39 is 0 Å². The van der Waals surface area contributed by atoms with Crippen molar-refractivity contribution >= 4 is 17.8 Å². The van der Waals surface area contributed by atoms with Crippen molar-refractivity contribution in [1.29, 1.82) is 0 Å². The van der Waals surface area contributed by atoms with Gasteiger partial charge in [-0.05, 0) is 17.7 Å². The van der Waals surface area contributed by atoms with Crippen LogP contribution in [0.2, 0.25) is 0 Å². The van der Waals surface area contributed by atoms with Gasteiger partial charge in [-0.3, -0.25) is 14.9 Å². The summed E-state index contributed by atoms with van der Waals surface area (Å²) >= 11 is 0. The number of carbonyl (C=O) groups is 1. The zero-order valence-corrected chi connectivity index (χ0v) is 8.42. The van der Waals surface area contributed by atoms with Gasteiger partial charge in [0.25, 0.3) is 0 Å². The van der Waals surface area contributed by atoms with Crippen LogP contribution in [-0.4, -0.2) is 21.1 Å². The molecule has 1 amide bonds. The van der Waals surface area contributed by atoms with Crippen molar-refractivity contribution in [2.75, 3.05) is 5.32 Å². The first kappa shape index (κ1) is 10.1. The second-order valence-corrected chi connectivity index (χ2v) is 3.08. The Labute approximate surface area is 92.2 Å². The highest BCUT2D eigenvalue weighted by Crippen LogP contribution is 2.01. The normalized spacial score (nSPS) is 10.5. The summed E-state index contributed by atoms with van der Waals surface area (Å²) in [5.41, 5.74) is 0.877. The smallest absolute Gasteiger partial charge is 0.249 e. The predicted molar refractivity (Wildman–Crippen MR) is 60.5 cm³/mol. The minimum atomic E-state index is -0.215. The van der Waals surface area contributed by atoms with E-state index in [9.17, 15) is 4.79 Å². The minimum absolute atomic E-state index is 0.215. The summed E-state index contributed by atoms with van der Waals surface area (Å²) in [5.74, 6) is 0.355. The van der Waals surface area contributed by atoms with Crippen LogP contribution in [0.5, 0.6) is 0 Å². The van der Waals surface area contributed by atoms with Crippen LogP contribution >= 0.6 is 0 Å². The molecule has 0 aliphatic carbocycles. The Morgan fingerprint density at radius 2 is 2.31 bits per heavy atom. The molecule has 16 heavy (non-hydrogen) atoms. The summed E-state index contributed by atoms with van der Waals surface area (Å²) in [7, 11) is 0. The van der Waals surface area contributed by atoms with E-state index in [4.69, 9.17) is 0 Å². The molecule has 0 saturated carbocycles. The van der Waals surface area contributed by atoms with E-state index in [1.165, 1.54) is 6.08 Å². The van der Waals surface area contributed by atoms with Gasteiger partial charge in [0.1, 0.15) is 5.82 Å². The molecule has 0 fully saturated rings. The van der Waals surface area contributed by atoms with Gasteiger partial charge in [-0.1, -0.05) is 6.07 Å². The van der Waals surface area contributed by atoms with Crippen LogP contribution in [0.3, 0.4) is 0 Å². The maximum absolute atomic E-state index is 11.4. The Kier molecular flexibility index (Phi) is 3.08. The van der Waals surface area contributed by atoms with E-state index in [2.05, 4.69) is 20.5 Å². The molecule has 0 saturated heterocycles. The third kappa shape index (κ3) is 2.78. The van der Waals surface area contributed by atoms with Crippen molar-refractivity contribution in [2.24, 2.45) is 0 Å². The number of anilines is 1. The van der Waals surface area contributed by atoms with Gasteiger partial charge < -0.3 is 5.32 Å². The maximum Gasteiger partial charge on any atom is 0.249 e. The molecule has 0 aromatic carbocycles. The first-order chi connectivity index (χ1) is 7.84. The van der Waals surface area contributed by atoms with Gasteiger partial charge in [0, 0.05) is 24.5 Å². The standard InChI is InChI=1S/C11H10N4O/c16-11(14-10-5-7-13-15-10)4-3-9-2-1-6-12-8-9/h1-8H,(H2,13,14,15,16). The number of H-pyrrole nitrogens is 1. The molecule has 2 N–H and O–H groups in total. The average molecular weight is 214 g/mol. The number of amides is 1. The van der Waals surface area contributed by atoms with Gasteiger partial charge in [0.15, 0.2) is 0 Å². The van der Waals surface area contributed by atoms with Crippen LogP contribution in [0.1, 0.15) is 5.56 Å². The van der Waals surface area contributed by atoms with E-state index in [-0.39, 0.29) is 5.91 Å². The van der Waals surface area contributed by atoms with E-state index in [0.29, 0.717) is 5.82 Å². The molecule has 0 spiro atoms. The molecule has 0 radical (unpaired) electrons. The first-order valence-electron chi connectivity index (χ1n) is 4.73. The van der Waals surface area contributed by atoms with Crippen molar-refractivity contribution in [1.82, 2.24) is 15.2 Å². The Hall–Kier alpha value is -2.43. The van der Waals surface area contributed by atoms with Crippen molar-refractivity contribution < 1.29 is 4.79 Å². The predicted octanol–water partition coefficient (Wildman–Crippen LogP) is 1.46. The Morgan fingerprint density at radius 1 is 1.38 bits per heavy atom. The number of hydrogen-bond acceptors (Lipinski definition) is 3. The first-order valence-corrected chi connectivity index (χ1v) is 4.73. The molecule has 2 aromatic heterocycles. The number of hydrogen-bond donors (Lipinski definition) is 2. The molecule has 0 aliphatic heterocycles. The maximum atomic E-state index is 11.4. The van der Waals surface area contributed by atoms with Crippen molar-refractivity contribution in [3.8, 4) is 0 Å². The molecule has 80 valence electrons. The summed E-state index contributed by atoms with van der Waals surface area (Å²) in [5, 5.41) is 8.99. The van der Waals surface area contributed by atoms with Gasteiger partial charge in [0.05, 0.1) is 6.20 Å². The fourth-order valence-corrected chi connectivity index (χ4v) is 1.15. The van der Waals surface area contributed by atoms with Gasteiger partial charge in [-0.2, -0.15) is 5.10 Å². The van der Waals surface area contributed by atoms with E-state index in [1.807, 2.05) is 12.1 Å². The van der Waals surface area contributed by atoms with Crippen LogP contribution in [0.25, 0.3) is 6.08 Å². The summed E-state index contributed by atoms with van der Waals surface area (Å²) in [6.45, 7) is 0. The molecule has 5 heteroatoms. The zero-order valence-electron chi connectivity index (χ0n) is 8.42. The molecule has 2 aromatic rings. The SMILES string of the molecule is O=C(C=Cc1cccnc1)Nc1ccn[nH]1. The molecule has 5 nitrogen and oxygen atoms in total. The van der Waals surface area contributed by atoms with Gasteiger partial charge in [-0.15, -0.1) is 0 Å². The highest BCUT2D eigenvalue weighted by Gasteiger charge is 1.97. The lowest BCUT2D eigenvalue weighted by Gasteiger charge is -1.96. The van der Waals surface area contributed by atoms with Crippen LogP contribution in [0, 0.1) is 0 Å². The van der Waals surface area contributed by atoms with E-state index >= 15 is 0 Å². The van der Waals surface area contributed by atoms with Gasteiger partial charge in [-0.25, -0.2) is 0 Å². The highest BCUT2D eigenvalue weighted by molar-refractivity contribution is 6.01. The quantitative estimate of drug-likeness (QED) is 0.760. The summed E-state index contributed by atoms with van der Waals surface area (Å²) in [6.07, 6.45) is 8.07. The third-order valence-corrected chi connectivity index (χ3v) is 1.87. The lowest BCUT2D eigenvalue weighted by molar-refractivity contribution is -0.111.